The summed E-state index contributed by atoms with van der Waals surface area (Å²) in [5.74, 6) is 0.0562. The van der Waals surface area contributed by atoms with E-state index >= 15 is 0 Å². The van der Waals surface area contributed by atoms with Gasteiger partial charge in [-0.2, -0.15) is 0 Å². The predicted molar refractivity (Wildman–Crippen MR) is 50.0 cm³/mol. The van der Waals surface area contributed by atoms with Crippen LogP contribution in [0.3, 0.4) is 0 Å². The third-order valence-electron chi connectivity index (χ3n) is 1.19. The van der Waals surface area contributed by atoms with Crippen LogP contribution < -0.4 is 0 Å². The molecule has 0 N–H and O–H groups in total. The fourth-order valence-electron chi connectivity index (χ4n) is 0.650. The molecule has 0 bridgehead atoms. The summed E-state index contributed by atoms with van der Waals surface area (Å²) in [6, 6.07) is 3.69. The second-order valence-electron chi connectivity index (χ2n) is 2.30. The Balaban J connectivity index is 2.85. The van der Waals surface area contributed by atoms with Crippen molar-refractivity contribution in [2.75, 3.05) is 14.1 Å². The van der Waals surface area contributed by atoms with Gasteiger partial charge in [-0.05, 0) is 28.1 Å². The lowest BCUT2D eigenvalue weighted by atomic mass is 10.4. The number of amides is 1. The van der Waals surface area contributed by atoms with E-state index in [2.05, 4.69) is 15.9 Å². The van der Waals surface area contributed by atoms with Crippen LogP contribution in [0.5, 0.6) is 0 Å². The molecule has 0 saturated carbocycles. The standard InChI is InChI=1S/C7H8BrNOS/c1-9(2)7(10)5-3-4-6(8)11-5/h3-4H,1-2H3. The molecule has 2 nitrogen and oxygen atoms in total. The highest BCUT2D eigenvalue weighted by atomic mass is 79.9. The number of halogens is 1. The topological polar surface area (TPSA) is 20.3 Å². The zero-order valence-corrected chi connectivity index (χ0v) is 8.70. The molecular formula is C7H8BrNOS. The first kappa shape index (κ1) is 8.74. The molecule has 0 aliphatic heterocycles. The Morgan fingerprint density at radius 2 is 2.18 bits per heavy atom. The Kier molecular flexibility index (Phi) is 2.67. The minimum absolute atomic E-state index is 0.0562. The minimum Gasteiger partial charge on any atom is -0.344 e. The van der Waals surface area contributed by atoms with Crippen LogP contribution >= 0.6 is 27.3 Å². The van der Waals surface area contributed by atoms with Gasteiger partial charge in [-0.3, -0.25) is 4.79 Å². The maximum atomic E-state index is 11.3. The van der Waals surface area contributed by atoms with Crippen molar-refractivity contribution in [3.05, 3.63) is 20.8 Å². The van der Waals surface area contributed by atoms with Gasteiger partial charge >= 0.3 is 0 Å². The fraction of sp³-hybridized carbons (Fsp3) is 0.286. The molecule has 0 spiro atoms. The molecule has 1 amide bonds. The number of hydrogen-bond donors (Lipinski definition) is 0. The maximum absolute atomic E-state index is 11.3. The molecule has 1 aromatic heterocycles. The lowest BCUT2D eigenvalue weighted by molar-refractivity contribution is 0.0832. The van der Waals surface area contributed by atoms with Crippen LogP contribution in [0.15, 0.2) is 15.9 Å². The van der Waals surface area contributed by atoms with Crippen molar-refractivity contribution in [3.63, 3.8) is 0 Å². The monoisotopic (exact) mass is 233 g/mol. The molecule has 1 rings (SSSR count). The van der Waals surface area contributed by atoms with Gasteiger partial charge in [0.05, 0.1) is 8.66 Å². The number of nitrogens with zero attached hydrogens (tertiary/aromatic N) is 1. The van der Waals surface area contributed by atoms with E-state index in [1.807, 2.05) is 12.1 Å². The molecule has 11 heavy (non-hydrogen) atoms. The summed E-state index contributed by atoms with van der Waals surface area (Å²) >= 11 is 4.75. The van der Waals surface area contributed by atoms with Crippen molar-refractivity contribution < 1.29 is 4.79 Å². The van der Waals surface area contributed by atoms with Crippen molar-refractivity contribution in [1.29, 1.82) is 0 Å². The Hall–Kier alpha value is -0.350. The summed E-state index contributed by atoms with van der Waals surface area (Å²) in [5, 5.41) is 0. The van der Waals surface area contributed by atoms with E-state index in [-0.39, 0.29) is 5.91 Å². The fourth-order valence-corrected chi connectivity index (χ4v) is 2.06. The molecular weight excluding hydrogens is 226 g/mol. The smallest absolute Gasteiger partial charge is 0.263 e. The lowest BCUT2D eigenvalue weighted by Gasteiger charge is -2.06. The van der Waals surface area contributed by atoms with Gasteiger partial charge in [0.1, 0.15) is 0 Å². The third-order valence-corrected chi connectivity index (χ3v) is 2.80. The second kappa shape index (κ2) is 3.36. The zero-order chi connectivity index (χ0) is 8.43. The summed E-state index contributed by atoms with van der Waals surface area (Å²) < 4.78 is 0.989. The van der Waals surface area contributed by atoms with Crippen LogP contribution in [0.25, 0.3) is 0 Å². The van der Waals surface area contributed by atoms with Crippen LogP contribution in [0, 0.1) is 0 Å². The first-order valence-electron chi connectivity index (χ1n) is 3.08. The maximum Gasteiger partial charge on any atom is 0.263 e. The van der Waals surface area contributed by atoms with Crippen LogP contribution in [-0.4, -0.2) is 24.9 Å². The van der Waals surface area contributed by atoms with Crippen LogP contribution in [0.2, 0.25) is 0 Å². The molecule has 0 atom stereocenters. The number of rotatable bonds is 1. The van der Waals surface area contributed by atoms with Crippen LogP contribution in [0.1, 0.15) is 9.67 Å². The molecule has 1 aromatic rings. The van der Waals surface area contributed by atoms with Crippen molar-refractivity contribution >= 4 is 33.2 Å². The molecule has 0 saturated heterocycles. The number of thiophene rings is 1. The van der Waals surface area contributed by atoms with E-state index in [0.717, 1.165) is 8.66 Å². The Morgan fingerprint density at radius 3 is 2.55 bits per heavy atom. The average Bonchev–Trinajstić information content (AvgIpc) is 2.34. The Bertz CT molecular complexity index is 269. The van der Waals surface area contributed by atoms with Crippen molar-refractivity contribution in [2.45, 2.75) is 0 Å². The van der Waals surface area contributed by atoms with Crippen molar-refractivity contribution in [1.82, 2.24) is 4.90 Å². The first-order valence-corrected chi connectivity index (χ1v) is 4.69. The molecule has 4 heteroatoms. The van der Waals surface area contributed by atoms with Gasteiger partial charge in [0, 0.05) is 14.1 Å². The van der Waals surface area contributed by atoms with Gasteiger partial charge in [-0.15, -0.1) is 11.3 Å². The zero-order valence-electron chi connectivity index (χ0n) is 6.30. The van der Waals surface area contributed by atoms with Gasteiger partial charge < -0.3 is 4.90 Å². The van der Waals surface area contributed by atoms with Crippen molar-refractivity contribution in [3.8, 4) is 0 Å². The van der Waals surface area contributed by atoms with E-state index in [1.54, 1.807) is 19.0 Å². The van der Waals surface area contributed by atoms with Gasteiger partial charge in [-0.1, -0.05) is 0 Å². The highest BCUT2D eigenvalue weighted by Gasteiger charge is 2.09. The van der Waals surface area contributed by atoms with E-state index < -0.39 is 0 Å². The van der Waals surface area contributed by atoms with E-state index in [1.165, 1.54) is 11.3 Å². The summed E-state index contributed by atoms with van der Waals surface area (Å²) in [4.78, 5) is 13.6. The minimum atomic E-state index is 0.0562. The molecule has 0 unspecified atom stereocenters. The molecule has 0 aliphatic rings. The van der Waals surface area contributed by atoms with Crippen molar-refractivity contribution in [2.24, 2.45) is 0 Å². The average molecular weight is 234 g/mol. The highest BCUT2D eigenvalue weighted by molar-refractivity contribution is 9.11. The van der Waals surface area contributed by atoms with Crippen LogP contribution in [-0.2, 0) is 0 Å². The lowest BCUT2D eigenvalue weighted by Crippen LogP contribution is -2.20. The van der Waals surface area contributed by atoms with Gasteiger partial charge in [0.15, 0.2) is 0 Å². The summed E-state index contributed by atoms with van der Waals surface area (Å²) in [6.45, 7) is 0. The molecule has 60 valence electrons. The quantitative estimate of drug-likeness (QED) is 0.729. The second-order valence-corrected chi connectivity index (χ2v) is 4.77. The Morgan fingerprint density at radius 1 is 1.55 bits per heavy atom. The molecule has 0 radical (unpaired) electrons. The first-order chi connectivity index (χ1) is 5.11. The van der Waals surface area contributed by atoms with E-state index in [4.69, 9.17) is 0 Å². The number of carbonyl (C=O) groups excluding carboxylic acids is 1. The van der Waals surface area contributed by atoms with Gasteiger partial charge in [0.2, 0.25) is 0 Å². The summed E-state index contributed by atoms with van der Waals surface area (Å²) in [7, 11) is 3.49. The molecule has 0 aromatic carbocycles. The van der Waals surface area contributed by atoms with Gasteiger partial charge in [-0.25, -0.2) is 0 Å². The Labute approximate surface area is 78.0 Å². The van der Waals surface area contributed by atoms with Gasteiger partial charge in [0.25, 0.3) is 5.91 Å². The largest absolute Gasteiger partial charge is 0.344 e. The molecule has 0 fully saturated rings. The van der Waals surface area contributed by atoms with E-state index in [0.29, 0.717) is 0 Å². The molecule has 0 aliphatic carbocycles. The number of hydrogen-bond acceptors (Lipinski definition) is 2. The summed E-state index contributed by atoms with van der Waals surface area (Å²) in [6.07, 6.45) is 0. The third kappa shape index (κ3) is 2.04. The van der Waals surface area contributed by atoms with E-state index in [9.17, 15) is 4.79 Å². The highest BCUT2D eigenvalue weighted by Crippen LogP contribution is 2.22. The molecule has 1 heterocycles. The number of carbonyl (C=O) groups is 1. The SMILES string of the molecule is CN(C)C(=O)c1ccc(Br)s1. The summed E-state index contributed by atoms with van der Waals surface area (Å²) in [5.41, 5.74) is 0. The van der Waals surface area contributed by atoms with Crippen LogP contribution in [0.4, 0.5) is 0 Å². The predicted octanol–water partition coefficient (Wildman–Crippen LogP) is 2.21. The normalized spacial score (nSPS) is 9.73.